The van der Waals surface area contributed by atoms with Gasteiger partial charge in [-0.25, -0.2) is 0 Å². The van der Waals surface area contributed by atoms with Crippen LogP contribution in [0.1, 0.15) is 6.92 Å². The minimum absolute atomic E-state index is 0.165. The topological polar surface area (TPSA) is 47.7 Å². The lowest BCUT2D eigenvalue weighted by molar-refractivity contribution is -0.0562. The highest BCUT2D eigenvalue weighted by atomic mass is 16.5. The molecule has 0 bridgehead atoms. The van der Waals surface area contributed by atoms with Crippen molar-refractivity contribution >= 4 is 0 Å². The van der Waals surface area contributed by atoms with Crippen LogP contribution in [0.3, 0.4) is 0 Å². The number of hydrogen-bond acceptors (Lipinski definition) is 4. The molecule has 0 spiro atoms. The van der Waals surface area contributed by atoms with Crippen LogP contribution in [0.15, 0.2) is 30.3 Å². The fourth-order valence-corrected chi connectivity index (χ4v) is 2.13. The van der Waals surface area contributed by atoms with Crippen LogP contribution in [-0.2, 0) is 4.74 Å². The van der Waals surface area contributed by atoms with Gasteiger partial charge in [-0.15, -0.1) is 0 Å². The molecular weight excluding hydrogens is 228 g/mol. The van der Waals surface area contributed by atoms with Crippen molar-refractivity contribution in [3.05, 3.63) is 30.3 Å². The monoisotopic (exact) mass is 250 g/mol. The lowest BCUT2D eigenvalue weighted by Crippen LogP contribution is -2.51. The molecule has 0 amide bonds. The van der Waals surface area contributed by atoms with Gasteiger partial charge in [-0.2, -0.15) is 0 Å². The van der Waals surface area contributed by atoms with Gasteiger partial charge in [-0.3, -0.25) is 4.90 Å². The van der Waals surface area contributed by atoms with Gasteiger partial charge in [0.05, 0.1) is 12.7 Å². The van der Waals surface area contributed by atoms with Crippen LogP contribution in [-0.4, -0.2) is 49.9 Å². The minimum Gasteiger partial charge on any atom is -0.492 e. The normalized spacial score (nSPS) is 25.0. The number of para-hydroxylation sites is 1. The zero-order chi connectivity index (χ0) is 12.8. The molecule has 2 N–H and O–H groups in total. The van der Waals surface area contributed by atoms with Crippen LogP contribution in [0.25, 0.3) is 0 Å². The summed E-state index contributed by atoms with van der Waals surface area (Å²) in [6, 6.07) is 10.3. The molecule has 1 aliphatic heterocycles. The molecule has 1 aromatic carbocycles. The first-order valence-electron chi connectivity index (χ1n) is 6.53. The predicted molar refractivity (Wildman–Crippen MR) is 71.8 cm³/mol. The Labute approximate surface area is 109 Å². The van der Waals surface area contributed by atoms with Crippen LogP contribution >= 0.6 is 0 Å². The largest absolute Gasteiger partial charge is 0.492 e. The highest BCUT2D eigenvalue weighted by Crippen LogP contribution is 2.12. The van der Waals surface area contributed by atoms with Crippen molar-refractivity contribution < 1.29 is 9.47 Å². The van der Waals surface area contributed by atoms with E-state index in [2.05, 4.69) is 11.8 Å². The summed E-state index contributed by atoms with van der Waals surface area (Å²) < 4.78 is 11.3. The van der Waals surface area contributed by atoms with Crippen molar-refractivity contribution in [2.45, 2.75) is 19.1 Å². The van der Waals surface area contributed by atoms with Crippen LogP contribution in [0.5, 0.6) is 5.75 Å². The summed E-state index contributed by atoms with van der Waals surface area (Å²) in [7, 11) is 0. The van der Waals surface area contributed by atoms with Gasteiger partial charge in [0.25, 0.3) is 0 Å². The lowest BCUT2D eigenvalue weighted by Gasteiger charge is -2.37. The zero-order valence-electron chi connectivity index (χ0n) is 10.9. The molecule has 0 radical (unpaired) electrons. The maximum atomic E-state index is 5.71. The average Bonchev–Trinajstić information content (AvgIpc) is 2.42. The second-order valence-electron chi connectivity index (χ2n) is 4.70. The Morgan fingerprint density at radius 1 is 1.39 bits per heavy atom. The molecule has 2 unspecified atom stereocenters. The number of nitrogens with two attached hydrogens (primary N) is 1. The summed E-state index contributed by atoms with van der Waals surface area (Å²) in [6.07, 6.45) is 0.165. The molecule has 100 valence electrons. The summed E-state index contributed by atoms with van der Waals surface area (Å²) in [4.78, 5) is 2.38. The SMILES string of the molecule is CC1COC(CN)CN1CCOc1ccccc1. The van der Waals surface area contributed by atoms with E-state index in [9.17, 15) is 0 Å². The minimum atomic E-state index is 0.165. The Balaban J connectivity index is 1.75. The molecule has 1 saturated heterocycles. The first-order valence-corrected chi connectivity index (χ1v) is 6.53. The van der Waals surface area contributed by atoms with Gasteiger partial charge in [0.15, 0.2) is 0 Å². The summed E-state index contributed by atoms with van der Waals surface area (Å²) in [5, 5.41) is 0. The first kappa shape index (κ1) is 13.3. The summed E-state index contributed by atoms with van der Waals surface area (Å²) in [5.41, 5.74) is 5.65. The number of morpholine rings is 1. The molecule has 18 heavy (non-hydrogen) atoms. The summed E-state index contributed by atoms with van der Waals surface area (Å²) in [6.45, 7) is 6.03. The molecule has 0 aromatic heterocycles. The summed E-state index contributed by atoms with van der Waals surface area (Å²) in [5.74, 6) is 0.925. The molecule has 4 nitrogen and oxygen atoms in total. The standard InChI is InChI=1S/C14H22N2O2/c1-12-11-18-14(9-15)10-16(12)7-8-17-13-5-3-2-4-6-13/h2-6,12,14H,7-11,15H2,1H3. The Kier molecular flexibility index (Phi) is 4.99. The third-order valence-corrected chi connectivity index (χ3v) is 3.29. The van der Waals surface area contributed by atoms with E-state index in [1.807, 2.05) is 30.3 Å². The van der Waals surface area contributed by atoms with Crippen molar-refractivity contribution in [3.63, 3.8) is 0 Å². The van der Waals surface area contributed by atoms with Gasteiger partial charge in [-0.05, 0) is 19.1 Å². The van der Waals surface area contributed by atoms with Crippen molar-refractivity contribution in [2.24, 2.45) is 5.73 Å². The lowest BCUT2D eigenvalue weighted by atomic mass is 10.2. The fourth-order valence-electron chi connectivity index (χ4n) is 2.13. The first-order chi connectivity index (χ1) is 8.79. The van der Waals surface area contributed by atoms with Gasteiger partial charge in [0.1, 0.15) is 12.4 Å². The van der Waals surface area contributed by atoms with Crippen LogP contribution in [0, 0.1) is 0 Å². The Hall–Kier alpha value is -1.10. The highest BCUT2D eigenvalue weighted by molar-refractivity contribution is 5.20. The van der Waals surface area contributed by atoms with Crippen molar-refractivity contribution in [1.82, 2.24) is 4.90 Å². The second-order valence-corrected chi connectivity index (χ2v) is 4.70. The molecular formula is C14H22N2O2. The van der Waals surface area contributed by atoms with Crippen molar-refractivity contribution in [3.8, 4) is 5.75 Å². The van der Waals surface area contributed by atoms with E-state index in [1.165, 1.54) is 0 Å². The smallest absolute Gasteiger partial charge is 0.119 e. The highest BCUT2D eigenvalue weighted by Gasteiger charge is 2.24. The van der Waals surface area contributed by atoms with E-state index in [0.717, 1.165) is 25.4 Å². The van der Waals surface area contributed by atoms with Crippen LogP contribution in [0.4, 0.5) is 0 Å². The molecule has 0 aliphatic carbocycles. The number of hydrogen-bond donors (Lipinski definition) is 1. The van der Waals surface area contributed by atoms with Crippen LogP contribution < -0.4 is 10.5 Å². The maximum Gasteiger partial charge on any atom is 0.119 e. The van der Waals surface area contributed by atoms with Gasteiger partial charge < -0.3 is 15.2 Å². The predicted octanol–water partition coefficient (Wildman–Crippen LogP) is 1.11. The molecule has 4 heteroatoms. The number of ether oxygens (including phenoxy) is 2. The molecule has 2 atom stereocenters. The van der Waals surface area contributed by atoms with E-state index < -0.39 is 0 Å². The van der Waals surface area contributed by atoms with Crippen molar-refractivity contribution in [2.75, 3.05) is 32.8 Å². The number of nitrogens with zero attached hydrogens (tertiary/aromatic N) is 1. The van der Waals surface area contributed by atoms with E-state index >= 15 is 0 Å². The van der Waals surface area contributed by atoms with Gasteiger partial charge >= 0.3 is 0 Å². The molecule has 1 heterocycles. The second kappa shape index (κ2) is 6.73. The van der Waals surface area contributed by atoms with Gasteiger partial charge in [-0.1, -0.05) is 18.2 Å². The fraction of sp³-hybridized carbons (Fsp3) is 0.571. The molecule has 1 aliphatic rings. The quantitative estimate of drug-likeness (QED) is 0.850. The van der Waals surface area contributed by atoms with E-state index in [0.29, 0.717) is 19.2 Å². The molecule has 2 rings (SSSR count). The zero-order valence-corrected chi connectivity index (χ0v) is 10.9. The molecule has 0 saturated carbocycles. The van der Waals surface area contributed by atoms with Gasteiger partial charge in [0, 0.05) is 25.7 Å². The third-order valence-electron chi connectivity index (χ3n) is 3.29. The number of benzene rings is 1. The van der Waals surface area contributed by atoms with E-state index in [-0.39, 0.29) is 6.10 Å². The molecule has 1 aromatic rings. The average molecular weight is 250 g/mol. The Morgan fingerprint density at radius 3 is 2.89 bits per heavy atom. The summed E-state index contributed by atoms with van der Waals surface area (Å²) >= 11 is 0. The van der Waals surface area contributed by atoms with Crippen molar-refractivity contribution in [1.29, 1.82) is 0 Å². The Morgan fingerprint density at radius 2 is 2.17 bits per heavy atom. The molecule has 1 fully saturated rings. The van der Waals surface area contributed by atoms with E-state index in [1.54, 1.807) is 0 Å². The van der Waals surface area contributed by atoms with Crippen LogP contribution in [0.2, 0.25) is 0 Å². The number of rotatable bonds is 5. The maximum absolute atomic E-state index is 5.71. The van der Waals surface area contributed by atoms with E-state index in [4.69, 9.17) is 15.2 Å². The Bertz CT molecular complexity index is 345. The third kappa shape index (κ3) is 3.70. The van der Waals surface area contributed by atoms with Gasteiger partial charge in [0.2, 0.25) is 0 Å².